The minimum Gasteiger partial charge on any atom is -0.494 e. The summed E-state index contributed by atoms with van der Waals surface area (Å²) in [6, 6.07) is 3.26. The van der Waals surface area contributed by atoms with Crippen molar-refractivity contribution in [3.05, 3.63) is 22.7 Å². The smallest absolute Gasteiger partial charge is 0.412 e. The van der Waals surface area contributed by atoms with Crippen LogP contribution in [0.15, 0.2) is 12.1 Å². The summed E-state index contributed by atoms with van der Waals surface area (Å²) in [4.78, 5) is 23.6. The van der Waals surface area contributed by atoms with Crippen LogP contribution in [0.25, 0.3) is 0 Å². The lowest BCUT2D eigenvalue weighted by molar-refractivity contribution is -0.144. The highest BCUT2D eigenvalue weighted by atomic mass is 35.5. The van der Waals surface area contributed by atoms with Crippen LogP contribution in [0.3, 0.4) is 0 Å². The second-order valence-electron chi connectivity index (χ2n) is 6.40. The number of esters is 1. The molecule has 0 heterocycles. The standard InChI is InChI=1S/C17H24ClNO5/c1-10(15(20)23-6)7-11-8-12(18)9-13(14(11)22-5)19-16(21)24-17(2,3)4/h8-10H,7H2,1-6H3,(H,19,21). The van der Waals surface area contributed by atoms with Crippen molar-refractivity contribution < 1.29 is 23.8 Å². The highest BCUT2D eigenvalue weighted by Gasteiger charge is 2.22. The van der Waals surface area contributed by atoms with E-state index >= 15 is 0 Å². The fraction of sp³-hybridized carbons (Fsp3) is 0.529. The molecule has 1 amide bonds. The van der Waals surface area contributed by atoms with Crippen LogP contribution in [0.2, 0.25) is 5.02 Å². The van der Waals surface area contributed by atoms with Crippen molar-refractivity contribution in [3.63, 3.8) is 0 Å². The summed E-state index contributed by atoms with van der Waals surface area (Å²) in [7, 11) is 2.82. The fourth-order valence-corrected chi connectivity index (χ4v) is 2.40. The average Bonchev–Trinajstić information content (AvgIpc) is 2.43. The van der Waals surface area contributed by atoms with Crippen molar-refractivity contribution in [3.8, 4) is 5.75 Å². The number of carbonyl (C=O) groups excluding carboxylic acids is 2. The molecule has 0 saturated carbocycles. The van der Waals surface area contributed by atoms with E-state index in [2.05, 4.69) is 5.32 Å². The molecule has 7 heteroatoms. The number of benzene rings is 1. The normalized spacial score (nSPS) is 12.3. The van der Waals surface area contributed by atoms with Gasteiger partial charge < -0.3 is 14.2 Å². The lowest BCUT2D eigenvalue weighted by Gasteiger charge is -2.21. The molecule has 0 fully saturated rings. The molecular weight excluding hydrogens is 334 g/mol. The van der Waals surface area contributed by atoms with Gasteiger partial charge in [0.25, 0.3) is 0 Å². The molecular formula is C17H24ClNO5. The molecule has 1 N–H and O–H groups in total. The quantitative estimate of drug-likeness (QED) is 0.805. The van der Waals surface area contributed by atoms with Crippen LogP contribution in [-0.2, 0) is 20.7 Å². The van der Waals surface area contributed by atoms with Gasteiger partial charge >= 0.3 is 12.1 Å². The monoisotopic (exact) mass is 357 g/mol. The van der Waals surface area contributed by atoms with Crippen molar-refractivity contribution in [1.82, 2.24) is 0 Å². The number of ether oxygens (including phenoxy) is 3. The SMILES string of the molecule is COC(=O)C(C)Cc1cc(Cl)cc(NC(=O)OC(C)(C)C)c1OC. The Morgan fingerprint density at radius 3 is 2.38 bits per heavy atom. The summed E-state index contributed by atoms with van der Waals surface area (Å²) in [5, 5.41) is 3.04. The lowest BCUT2D eigenvalue weighted by atomic mass is 9.99. The molecule has 1 aromatic carbocycles. The summed E-state index contributed by atoms with van der Waals surface area (Å²) in [6.07, 6.45) is -0.255. The van der Waals surface area contributed by atoms with Crippen LogP contribution < -0.4 is 10.1 Å². The molecule has 0 aliphatic rings. The van der Waals surface area contributed by atoms with Crippen LogP contribution in [0, 0.1) is 5.92 Å². The van der Waals surface area contributed by atoms with Gasteiger partial charge in [-0.05, 0) is 44.9 Å². The van der Waals surface area contributed by atoms with Crippen LogP contribution in [0.5, 0.6) is 5.75 Å². The summed E-state index contributed by atoms with van der Waals surface area (Å²) in [6.45, 7) is 7.05. The Kier molecular flexibility index (Phi) is 6.90. The molecule has 1 unspecified atom stereocenters. The molecule has 0 radical (unpaired) electrons. The maximum atomic E-state index is 12.0. The Bertz CT molecular complexity index is 610. The van der Waals surface area contributed by atoms with Gasteiger partial charge in [-0.1, -0.05) is 18.5 Å². The van der Waals surface area contributed by atoms with E-state index in [4.69, 9.17) is 25.8 Å². The maximum absolute atomic E-state index is 12.0. The molecule has 0 aliphatic heterocycles. The van der Waals surface area contributed by atoms with Gasteiger partial charge in [0, 0.05) is 5.02 Å². The number of hydrogen-bond donors (Lipinski definition) is 1. The van der Waals surface area contributed by atoms with Gasteiger partial charge in [0.2, 0.25) is 0 Å². The zero-order valence-electron chi connectivity index (χ0n) is 14.9. The summed E-state index contributed by atoms with van der Waals surface area (Å²) >= 11 is 6.13. The zero-order valence-corrected chi connectivity index (χ0v) is 15.6. The van der Waals surface area contributed by atoms with Gasteiger partial charge in [0.15, 0.2) is 0 Å². The molecule has 0 bridgehead atoms. The van der Waals surface area contributed by atoms with E-state index in [-0.39, 0.29) is 11.9 Å². The Morgan fingerprint density at radius 2 is 1.88 bits per heavy atom. The third-order valence-electron chi connectivity index (χ3n) is 3.10. The first-order chi connectivity index (χ1) is 11.1. The van der Waals surface area contributed by atoms with E-state index in [0.29, 0.717) is 28.4 Å². The molecule has 6 nitrogen and oxygen atoms in total. The Labute approximate surface area is 147 Å². The average molecular weight is 358 g/mol. The van der Waals surface area contributed by atoms with E-state index in [9.17, 15) is 9.59 Å². The molecule has 0 saturated heterocycles. The number of methoxy groups -OCH3 is 2. The number of rotatable bonds is 5. The molecule has 1 rings (SSSR count). The number of carbonyl (C=O) groups is 2. The first-order valence-electron chi connectivity index (χ1n) is 7.51. The highest BCUT2D eigenvalue weighted by molar-refractivity contribution is 6.31. The van der Waals surface area contributed by atoms with Gasteiger partial charge in [-0.25, -0.2) is 4.79 Å². The van der Waals surface area contributed by atoms with Crippen LogP contribution in [0.4, 0.5) is 10.5 Å². The maximum Gasteiger partial charge on any atom is 0.412 e. The number of amides is 1. The Hall–Kier alpha value is -1.95. The summed E-state index contributed by atoms with van der Waals surface area (Å²) in [5.41, 5.74) is 0.443. The molecule has 0 spiro atoms. The van der Waals surface area contributed by atoms with E-state index in [1.54, 1.807) is 39.8 Å². The molecule has 0 aliphatic carbocycles. The van der Waals surface area contributed by atoms with Crippen molar-refractivity contribution >= 4 is 29.4 Å². The minimum atomic E-state index is -0.627. The molecule has 1 aromatic rings. The zero-order chi connectivity index (χ0) is 18.5. The fourth-order valence-electron chi connectivity index (χ4n) is 2.16. The van der Waals surface area contributed by atoms with Gasteiger partial charge in [0.1, 0.15) is 11.4 Å². The van der Waals surface area contributed by atoms with Gasteiger partial charge in [-0.2, -0.15) is 0 Å². The lowest BCUT2D eigenvalue weighted by Crippen LogP contribution is -2.27. The van der Waals surface area contributed by atoms with E-state index in [1.165, 1.54) is 14.2 Å². The van der Waals surface area contributed by atoms with Gasteiger partial charge in [-0.3, -0.25) is 10.1 Å². The first-order valence-corrected chi connectivity index (χ1v) is 7.89. The minimum absolute atomic E-state index is 0.335. The Balaban J connectivity index is 3.09. The van der Waals surface area contributed by atoms with Crippen molar-refractivity contribution in [2.45, 2.75) is 39.7 Å². The van der Waals surface area contributed by atoms with Crippen LogP contribution in [-0.4, -0.2) is 31.9 Å². The second kappa shape index (κ2) is 8.24. The van der Waals surface area contributed by atoms with Crippen molar-refractivity contribution in [2.24, 2.45) is 5.92 Å². The summed E-state index contributed by atoms with van der Waals surface area (Å²) < 4.78 is 15.4. The predicted molar refractivity (Wildman–Crippen MR) is 92.7 cm³/mol. The second-order valence-corrected chi connectivity index (χ2v) is 6.84. The van der Waals surface area contributed by atoms with E-state index < -0.39 is 11.7 Å². The topological polar surface area (TPSA) is 73.9 Å². The number of halogens is 1. The molecule has 1 atom stereocenters. The van der Waals surface area contributed by atoms with Crippen molar-refractivity contribution in [1.29, 1.82) is 0 Å². The number of hydrogen-bond acceptors (Lipinski definition) is 5. The highest BCUT2D eigenvalue weighted by Crippen LogP contribution is 2.34. The van der Waals surface area contributed by atoms with Crippen molar-refractivity contribution in [2.75, 3.05) is 19.5 Å². The van der Waals surface area contributed by atoms with Crippen LogP contribution >= 0.6 is 11.6 Å². The first kappa shape index (κ1) is 20.1. The largest absolute Gasteiger partial charge is 0.494 e. The molecule has 0 aromatic heterocycles. The summed E-state index contributed by atoms with van der Waals surface area (Å²) in [5.74, 6) is -0.281. The molecule has 134 valence electrons. The van der Waals surface area contributed by atoms with Crippen LogP contribution in [0.1, 0.15) is 33.3 Å². The number of nitrogens with one attached hydrogen (secondary N) is 1. The molecule has 24 heavy (non-hydrogen) atoms. The third-order valence-corrected chi connectivity index (χ3v) is 3.32. The van der Waals surface area contributed by atoms with Gasteiger partial charge in [-0.15, -0.1) is 0 Å². The number of anilines is 1. The third kappa shape index (κ3) is 5.92. The van der Waals surface area contributed by atoms with E-state index in [1.807, 2.05) is 0 Å². The Morgan fingerprint density at radius 1 is 1.25 bits per heavy atom. The van der Waals surface area contributed by atoms with Gasteiger partial charge in [0.05, 0.1) is 25.8 Å². The predicted octanol–water partition coefficient (Wildman–Crippen LogP) is 4.05. The van der Waals surface area contributed by atoms with E-state index in [0.717, 1.165) is 0 Å².